The van der Waals surface area contributed by atoms with Gasteiger partial charge in [0.25, 0.3) is 5.91 Å². The SMILES string of the molecule is CCc1ccc(C(N)=O)c(N2CC3=CN(Cc4ccc5ccccc5c4)CC3C2)n1. The van der Waals surface area contributed by atoms with E-state index in [0.29, 0.717) is 11.5 Å². The monoisotopic (exact) mass is 398 g/mol. The summed E-state index contributed by atoms with van der Waals surface area (Å²) in [5, 5.41) is 2.56. The van der Waals surface area contributed by atoms with Crippen LogP contribution in [0.2, 0.25) is 0 Å². The number of hydrogen-bond donors (Lipinski definition) is 1. The Balaban J connectivity index is 1.33. The minimum Gasteiger partial charge on any atom is -0.372 e. The third-order valence-corrected chi connectivity index (χ3v) is 6.20. The van der Waals surface area contributed by atoms with Crippen LogP contribution in [0, 0.1) is 5.92 Å². The molecular weight excluding hydrogens is 372 g/mol. The maximum Gasteiger partial charge on any atom is 0.252 e. The van der Waals surface area contributed by atoms with E-state index in [-0.39, 0.29) is 0 Å². The molecule has 2 N–H and O–H groups in total. The summed E-state index contributed by atoms with van der Waals surface area (Å²) >= 11 is 0. The summed E-state index contributed by atoms with van der Waals surface area (Å²) in [6.45, 7) is 5.67. The van der Waals surface area contributed by atoms with Crippen LogP contribution in [0.4, 0.5) is 5.82 Å². The van der Waals surface area contributed by atoms with E-state index in [0.717, 1.165) is 44.1 Å². The van der Waals surface area contributed by atoms with E-state index in [1.54, 1.807) is 0 Å². The van der Waals surface area contributed by atoms with E-state index in [1.165, 1.54) is 21.9 Å². The van der Waals surface area contributed by atoms with Crippen LogP contribution in [-0.2, 0) is 13.0 Å². The number of rotatable bonds is 5. The molecule has 1 aromatic heterocycles. The third-order valence-electron chi connectivity index (χ3n) is 6.20. The summed E-state index contributed by atoms with van der Waals surface area (Å²) in [5.41, 5.74) is 9.85. The lowest BCUT2D eigenvalue weighted by Crippen LogP contribution is -2.28. The van der Waals surface area contributed by atoms with E-state index in [9.17, 15) is 4.79 Å². The lowest BCUT2D eigenvalue weighted by atomic mass is 10.1. The first-order valence-corrected chi connectivity index (χ1v) is 10.6. The van der Waals surface area contributed by atoms with Crippen LogP contribution >= 0.6 is 0 Å². The average molecular weight is 399 g/mol. The van der Waals surface area contributed by atoms with Crippen molar-refractivity contribution >= 4 is 22.5 Å². The van der Waals surface area contributed by atoms with E-state index in [1.807, 2.05) is 12.1 Å². The highest BCUT2D eigenvalue weighted by atomic mass is 16.1. The van der Waals surface area contributed by atoms with Crippen LogP contribution in [0.1, 0.15) is 28.5 Å². The second kappa shape index (κ2) is 7.48. The molecule has 0 saturated carbocycles. The van der Waals surface area contributed by atoms with Gasteiger partial charge in [0.05, 0.1) is 5.56 Å². The van der Waals surface area contributed by atoms with Crippen LogP contribution in [0.5, 0.6) is 0 Å². The summed E-state index contributed by atoms with van der Waals surface area (Å²) in [6, 6.07) is 18.9. The number of amides is 1. The first-order valence-electron chi connectivity index (χ1n) is 10.6. The lowest BCUT2D eigenvalue weighted by molar-refractivity contribution is 0.100. The summed E-state index contributed by atoms with van der Waals surface area (Å²) in [5.74, 6) is 0.792. The first kappa shape index (κ1) is 18.7. The molecular formula is C25H26N4O. The van der Waals surface area contributed by atoms with Crippen molar-refractivity contribution in [3.8, 4) is 0 Å². The lowest BCUT2D eigenvalue weighted by Gasteiger charge is -2.23. The van der Waals surface area contributed by atoms with E-state index >= 15 is 0 Å². The standard InChI is InChI=1S/C25H26N4O/c1-2-22-9-10-23(24(26)30)25(27-22)29-15-20-13-28(14-21(20)16-29)12-17-7-8-18-5-3-4-6-19(18)11-17/h3-11,13,21H,2,12,14-16H2,1H3,(H2,26,30). The van der Waals surface area contributed by atoms with Gasteiger partial charge in [0.15, 0.2) is 0 Å². The second-order valence-corrected chi connectivity index (χ2v) is 8.28. The van der Waals surface area contributed by atoms with E-state index < -0.39 is 5.91 Å². The van der Waals surface area contributed by atoms with Crippen molar-refractivity contribution in [1.29, 1.82) is 0 Å². The summed E-state index contributed by atoms with van der Waals surface area (Å²) in [6.07, 6.45) is 3.14. The fraction of sp³-hybridized carbons (Fsp3) is 0.280. The molecule has 1 amide bonds. The topological polar surface area (TPSA) is 62.5 Å². The Morgan fingerprint density at radius 2 is 1.93 bits per heavy atom. The zero-order valence-electron chi connectivity index (χ0n) is 17.2. The van der Waals surface area contributed by atoms with Crippen molar-refractivity contribution in [3.63, 3.8) is 0 Å². The zero-order valence-corrected chi connectivity index (χ0v) is 17.2. The number of pyridine rings is 1. The Labute approximate surface area is 176 Å². The Hall–Kier alpha value is -3.34. The smallest absolute Gasteiger partial charge is 0.252 e. The van der Waals surface area contributed by atoms with Crippen molar-refractivity contribution < 1.29 is 4.79 Å². The van der Waals surface area contributed by atoms with Crippen LogP contribution in [0.15, 0.2) is 66.4 Å². The van der Waals surface area contributed by atoms with Gasteiger partial charge >= 0.3 is 0 Å². The van der Waals surface area contributed by atoms with Gasteiger partial charge in [-0.05, 0) is 46.5 Å². The number of nitrogens with two attached hydrogens (primary N) is 1. The van der Waals surface area contributed by atoms with Crippen molar-refractivity contribution in [2.45, 2.75) is 19.9 Å². The molecule has 2 aliphatic heterocycles. The Morgan fingerprint density at radius 3 is 2.70 bits per heavy atom. The van der Waals surface area contributed by atoms with Gasteiger partial charge in [0.2, 0.25) is 0 Å². The highest BCUT2D eigenvalue weighted by Crippen LogP contribution is 2.34. The van der Waals surface area contributed by atoms with Gasteiger partial charge in [0, 0.05) is 44.0 Å². The van der Waals surface area contributed by atoms with Gasteiger partial charge in [-0.3, -0.25) is 4.79 Å². The normalized spacial score (nSPS) is 18.0. The Kier molecular flexibility index (Phi) is 4.66. The van der Waals surface area contributed by atoms with Crippen molar-refractivity contribution in [2.24, 2.45) is 11.7 Å². The predicted molar refractivity (Wildman–Crippen MR) is 120 cm³/mol. The number of aromatic nitrogens is 1. The molecule has 0 bridgehead atoms. The van der Waals surface area contributed by atoms with Crippen molar-refractivity contribution in [1.82, 2.24) is 9.88 Å². The number of aryl methyl sites for hydroxylation is 1. The zero-order chi connectivity index (χ0) is 20.7. The summed E-state index contributed by atoms with van der Waals surface area (Å²) in [4.78, 5) is 21.2. The molecule has 1 fully saturated rings. The van der Waals surface area contributed by atoms with Crippen molar-refractivity contribution in [2.75, 3.05) is 24.5 Å². The van der Waals surface area contributed by atoms with Crippen LogP contribution in [-0.4, -0.2) is 35.4 Å². The largest absolute Gasteiger partial charge is 0.372 e. The molecule has 1 atom stereocenters. The third kappa shape index (κ3) is 3.41. The minimum atomic E-state index is -0.413. The molecule has 3 aromatic rings. The number of hydrogen-bond acceptors (Lipinski definition) is 4. The quantitative estimate of drug-likeness (QED) is 0.711. The number of primary amides is 1. The van der Waals surface area contributed by atoms with Gasteiger partial charge in [-0.2, -0.15) is 0 Å². The van der Waals surface area contributed by atoms with Crippen LogP contribution < -0.4 is 10.6 Å². The average Bonchev–Trinajstić information content (AvgIpc) is 3.31. The van der Waals surface area contributed by atoms with Gasteiger partial charge in [-0.15, -0.1) is 0 Å². The fourth-order valence-electron chi connectivity index (χ4n) is 4.65. The molecule has 2 aromatic carbocycles. The molecule has 5 rings (SSSR count). The molecule has 0 radical (unpaired) electrons. The second-order valence-electron chi connectivity index (χ2n) is 8.28. The Bertz CT molecular complexity index is 1150. The van der Waals surface area contributed by atoms with Crippen LogP contribution in [0.3, 0.4) is 0 Å². The van der Waals surface area contributed by atoms with Crippen LogP contribution in [0.25, 0.3) is 10.8 Å². The molecule has 1 saturated heterocycles. The van der Waals surface area contributed by atoms with Gasteiger partial charge in [0.1, 0.15) is 5.82 Å². The number of fused-ring (bicyclic) bond motifs is 2. The Morgan fingerprint density at radius 1 is 1.10 bits per heavy atom. The molecule has 2 aliphatic rings. The summed E-state index contributed by atoms with van der Waals surface area (Å²) in [7, 11) is 0. The number of carbonyl (C=O) groups excluding carboxylic acids is 1. The molecule has 152 valence electrons. The van der Waals surface area contributed by atoms with Crippen molar-refractivity contribution in [3.05, 3.63) is 83.2 Å². The molecule has 5 nitrogen and oxygen atoms in total. The molecule has 5 heteroatoms. The fourth-order valence-corrected chi connectivity index (χ4v) is 4.65. The number of anilines is 1. The highest BCUT2D eigenvalue weighted by Gasteiger charge is 2.35. The molecule has 1 unspecified atom stereocenters. The molecule has 3 heterocycles. The number of nitrogens with zero attached hydrogens (tertiary/aromatic N) is 3. The van der Waals surface area contributed by atoms with Gasteiger partial charge in [-0.1, -0.05) is 43.3 Å². The molecule has 0 aliphatic carbocycles. The number of carbonyl (C=O) groups is 1. The number of benzene rings is 2. The maximum absolute atomic E-state index is 11.9. The van der Waals surface area contributed by atoms with E-state index in [2.05, 4.69) is 65.4 Å². The highest BCUT2D eigenvalue weighted by molar-refractivity contribution is 5.97. The van der Waals surface area contributed by atoms with Gasteiger partial charge < -0.3 is 15.5 Å². The predicted octanol–water partition coefficient (Wildman–Crippen LogP) is 3.73. The van der Waals surface area contributed by atoms with E-state index in [4.69, 9.17) is 10.7 Å². The van der Waals surface area contributed by atoms with Gasteiger partial charge in [-0.25, -0.2) is 4.98 Å². The minimum absolute atomic E-state index is 0.413. The summed E-state index contributed by atoms with van der Waals surface area (Å²) < 4.78 is 0. The molecule has 30 heavy (non-hydrogen) atoms. The first-order chi connectivity index (χ1) is 14.6. The maximum atomic E-state index is 11.9. The molecule has 0 spiro atoms.